The van der Waals surface area contributed by atoms with E-state index < -0.39 is 29.1 Å². The lowest BCUT2D eigenvalue weighted by atomic mass is 9.66. The van der Waals surface area contributed by atoms with E-state index in [1.807, 2.05) is 6.07 Å². The van der Waals surface area contributed by atoms with Gasteiger partial charge in [-0.1, -0.05) is 26.1 Å². The topological polar surface area (TPSA) is 96.0 Å². The summed E-state index contributed by atoms with van der Waals surface area (Å²) in [4.78, 5) is 22.9. The van der Waals surface area contributed by atoms with Gasteiger partial charge in [-0.15, -0.1) is 0 Å². The number of carbonyl (C=O) groups is 2. The number of hydrogen-bond donors (Lipinski definition) is 2. The molecule has 15 heavy (non-hydrogen) atoms. The summed E-state index contributed by atoms with van der Waals surface area (Å²) in [5, 5.41) is 11.0. The first-order valence-corrected chi connectivity index (χ1v) is 4.76. The summed E-state index contributed by atoms with van der Waals surface area (Å²) in [6.45, 7) is 3.28. The van der Waals surface area contributed by atoms with E-state index in [-0.39, 0.29) is 4.99 Å². The number of hydrogen-bond acceptors (Lipinski definition) is 4. The monoisotopic (exact) mass is 225 g/mol. The van der Waals surface area contributed by atoms with E-state index in [4.69, 9.17) is 23.2 Å². The quantitative estimate of drug-likeness (QED) is 0.472. The van der Waals surface area contributed by atoms with Crippen LogP contribution >= 0.6 is 12.2 Å². The number of amides is 2. The number of imide groups is 1. The molecule has 0 spiro atoms. The highest BCUT2D eigenvalue weighted by molar-refractivity contribution is 7.80. The fourth-order valence-corrected chi connectivity index (χ4v) is 2.24. The van der Waals surface area contributed by atoms with Crippen molar-refractivity contribution in [3.8, 4) is 6.07 Å². The highest BCUT2D eigenvalue weighted by Gasteiger charge is 2.51. The Hall–Kier alpha value is -1.48. The molecule has 0 aliphatic carbocycles. The molecule has 5 nitrogen and oxygen atoms in total. The average Bonchev–Trinajstić information content (AvgIpc) is 2.00. The van der Waals surface area contributed by atoms with Crippen LogP contribution in [0.25, 0.3) is 0 Å². The average molecular weight is 225 g/mol. The van der Waals surface area contributed by atoms with E-state index in [9.17, 15) is 9.59 Å². The van der Waals surface area contributed by atoms with Gasteiger partial charge in [0.25, 0.3) is 0 Å². The van der Waals surface area contributed by atoms with Gasteiger partial charge in [-0.25, -0.2) is 0 Å². The summed E-state index contributed by atoms with van der Waals surface area (Å²) in [6, 6.07) is 1.87. The van der Waals surface area contributed by atoms with E-state index in [1.54, 1.807) is 13.8 Å². The predicted molar refractivity (Wildman–Crippen MR) is 56.3 cm³/mol. The van der Waals surface area contributed by atoms with Crippen LogP contribution in [0.1, 0.15) is 13.8 Å². The predicted octanol–water partition coefficient (Wildman–Crippen LogP) is -0.289. The number of nitrogens with two attached hydrogens (primary N) is 1. The number of nitriles is 1. The Bertz CT molecular complexity index is 383. The number of carbonyl (C=O) groups excluding carboxylic acids is 2. The van der Waals surface area contributed by atoms with Crippen molar-refractivity contribution in [3.63, 3.8) is 0 Å². The van der Waals surface area contributed by atoms with E-state index in [0.29, 0.717) is 0 Å². The summed E-state index contributed by atoms with van der Waals surface area (Å²) >= 11 is 4.78. The Balaban J connectivity index is 3.21. The third kappa shape index (κ3) is 1.70. The smallest absolute Gasteiger partial charge is 0.244 e. The zero-order valence-corrected chi connectivity index (χ0v) is 9.22. The van der Waals surface area contributed by atoms with Gasteiger partial charge in [0.2, 0.25) is 11.8 Å². The molecule has 2 amide bonds. The third-order valence-electron chi connectivity index (χ3n) is 2.67. The minimum atomic E-state index is -0.915. The molecule has 0 aromatic carbocycles. The van der Waals surface area contributed by atoms with Gasteiger partial charge in [0, 0.05) is 5.41 Å². The fraction of sp³-hybridized carbons (Fsp3) is 0.556. The lowest BCUT2D eigenvalue weighted by molar-refractivity contribution is -0.142. The van der Waals surface area contributed by atoms with Crippen LogP contribution in [-0.2, 0) is 9.59 Å². The van der Waals surface area contributed by atoms with Crippen LogP contribution in [0.3, 0.4) is 0 Å². The van der Waals surface area contributed by atoms with Crippen molar-refractivity contribution in [2.45, 2.75) is 13.8 Å². The van der Waals surface area contributed by atoms with E-state index in [2.05, 4.69) is 5.32 Å². The second kappa shape index (κ2) is 3.59. The molecule has 0 bridgehead atoms. The molecule has 1 saturated heterocycles. The van der Waals surface area contributed by atoms with Crippen molar-refractivity contribution in [2.24, 2.45) is 23.0 Å². The van der Waals surface area contributed by atoms with E-state index in [1.165, 1.54) is 0 Å². The van der Waals surface area contributed by atoms with Gasteiger partial charge in [0.05, 0.1) is 17.0 Å². The first-order chi connectivity index (χ1) is 6.82. The van der Waals surface area contributed by atoms with Crippen molar-refractivity contribution >= 4 is 29.0 Å². The molecular formula is C9H11N3O2S. The Morgan fingerprint density at radius 3 is 2.47 bits per heavy atom. The molecule has 3 N–H and O–H groups in total. The molecule has 1 rings (SSSR count). The first kappa shape index (κ1) is 11.6. The summed E-state index contributed by atoms with van der Waals surface area (Å²) < 4.78 is 0. The molecule has 0 unspecified atom stereocenters. The SMILES string of the molecule is CC1(C)[C@@H](C(N)=S)C(=O)NC(=O)[C@@H]1C#N. The Morgan fingerprint density at radius 1 is 1.53 bits per heavy atom. The van der Waals surface area contributed by atoms with Gasteiger partial charge in [0.1, 0.15) is 5.92 Å². The molecule has 1 heterocycles. The van der Waals surface area contributed by atoms with Crippen LogP contribution in [-0.4, -0.2) is 16.8 Å². The number of thiocarbonyl (C=S) groups is 1. The number of piperidine rings is 1. The summed E-state index contributed by atoms with van der Waals surface area (Å²) in [5.74, 6) is -2.81. The van der Waals surface area contributed by atoms with Gasteiger partial charge in [0.15, 0.2) is 0 Å². The second-order valence-corrected chi connectivity index (χ2v) is 4.54. The standard InChI is InChI=1S/C9H11N3O2S/c1-9(2)4(3-10)7(13)12-8(14)5(9)6(11)15/h4-5H,1-2H3,(H2,11,15)(H,12,13,14)/t4-,5-/m0/s1. The summed E-state index contributed by atoms with van der Waals surface area (Å²) in [5.41, 5.74) is 4.58. The molecule has 0 radical (unpaired) electrons. The van der Waals surface area contributed by atoms with Gasteiger partial charge < -0.3 is 5.73 Å². The maximum atomic E-state index is 11.5. The van der Waals surface area contributed by atoms with E-state index in [0.717, 1.165) is 0 Å². The zero-order chi connectivity index (χ0) is 11.8. The lowest BCUT2D eigenvalue weighted by Crippen LogP contribution is -2.58. The summed E-state index contributed by atoms with van der Waals surface area (Å²) in [6.07, 6.45) is 0. The highest BCUT2D eigenvalue weighted by Crippen LogP contribution is 2.38. The number of nitrogens with one attached hydrogen (secondary N) is 1. The number of nitrogens with zero attached hydrogens (tertiary/aromatic N) is 1. The van der Waals surface area contributed by atoms with Gasteiger partial charge >= 0.3 is 0 Å². The maximum absolute atomic E-state index is 11.5. The molecule has 6 heteroatoms. The second-order valence-electron chi connectivity index (χ2n) is 4.07. The summed E-state index contributed by atoms with van der Waals surface area (Å²) in [7, 11) is 0. The van der Waals surface area contributed by atoms with Crippen LogP contribution in [0.15, 0.2) is 0 Å². The zero-order valence-electron chi connectivity index (χ0n) is 8.40. The van der Waals surface area contributed by atoms with Crippen LogP contribution in [0, 0.1) is 28.6 Å². The molecule has 2 atom stereocenters. The Morgan fingerprint density at radius 2 is 2.07 bits per heavy atom. The normalized spacial score (nSPS) is 29.1. The Labute approximate surface area is 92.6 Å². The fourth-order valence-electron chi connectivity index (χ4n) is 1.83. The lowest BCUT2D eigenvalue weighted by Gasteiger charge is -2.39. The molecule has 1 aliphatic heterocycles. The minimum absolute atomic E-state index is 0.00486. The molecule has 0 saturated carbocycles. The molecule has 1 fully saturated rings. The van der Waals surface area contributed by atoms with Crippen molar-refractivity contribution in [1.82, 2.24) is 5.32 Å². The largest absolute Gasteiger partial charge is 0.393 e. The maximum Gasteiger partial charge on any atom is 0.244 e. The molecule has 1 aliphatic rings. The van der Waals surface area contributed by atoms with Crippen LogP contribution in [0.2, 0.25) is 0 Å². The minimum Gasteiger partial charge on any atom is -0.393 e. The molecular weight excluding hydrogens is 214 g/mol. The first-order valence-electron chi connectivity index (χ1n) is 4.36. The molecule has 80 valence electrons. The van der Waals surface area contributed by atoms with Crippen molar-refractivity contribution in [1.29, 1.82) is 5.26 Å². The van der Waals surface area contributed by atoms with Gasteiger partial charge in [-0.2, -0.15) is 5.26 Å². The van der Waals surface area contributed by atoms with Crippen molar-refractivity contribution in [2.75, 3.05) is 0 Å². The Kier molecular flexibility index (Phi) is 2.77. The van der Waals surface area contributed by atoms with Crippen molar-refractivity contribution in [3.05, 3.63) is 0 Å². The van der Waals surface area contributed by atoms with Gasteiger partial charge in [-0.3, -0.25) is 14.9 Å². The van der Waals surface area contributed by atoms with Crippen LogP contribution in [0.5, 0.6) is 0 Å². The molecule has 0 aromatic rings. The van der Waals surface area contributed by atoms with E-state index >= 15 is 0 Å². The van der Waals surface area contributed by atoms with Gasteiger partial charge in [-0.05, 0) is 0 Å². The highest BCUT2D eigenvalue weighted by atomic mass is 32.1. The molecule has 0 aromatic heterocycles. The third-order valence-corrected chi connectivity index (χ3v) is 2.91. The van der Waals surface area contributed by atoms with Crippen LogP contribution < -0.4 is 11.1 Å². The van der Waals surface area contributed by atoms with Crippen molar-refractivity contribution < 1.29 is 9.59 Å². The van der Waals surface area contributed by atoms with Crippen LogP contribution in [0.4, 0.5) is 0 Å². The number of rotatable bonds is 1.